The van der Waals surface area contributed by atoms with Crippen LogP contribution in [0.3, 0.4) is 0 Å². The number of benzene rings is 1. The average molecular weight is 222 g/mol. The third-order valence-electron chi connectivity index (χ3n) is 1.90. The Kier molecular flexibility index (Phi) is 2.94. The van der Waals surface area contributed by atoms with E-state index in [0.29, 0.717) is 12.2 Å². The van der Waals surface area contributed by atoms with Gasteiger partial charge in [0.1, 0.15) is 0 Å². The Labute approximate surface area is 90.8 Å². The topological polar surface area (TPSA) is 51.2 Å². The average Bonchev–Trinajstić information content (AvgIpc) is 2.72. The quantitative estimate of drug-likeness (QED) is 0.808. The van der Waals surface area contributed by atoms with Crippen molar-refractivity contribution in [3.8, 4) is 0 Å². The lowest BCUT2D eigenvalue weighted by atomic mass is 10.2. The van der Waals surface area contributed by atoms with Crippen LogP contribution in [0.4, 0.5) is 0 Å². The van der Waals surface area contributed by atoms with E-state index >= 15 is 0 Å². The highest BCUT2D eigenvalue weighted by atomic mass is 32.1. The zero-order valence-corrected chi connectivity index (χ0v) is 9.00. The van der Waals surface area contributed by atoms with E-state index in [1.54, 1.807) is 17.6 Å². The molecule has 2 rings (SSSR count). The van der Waals surface area contributed by atoms with Gasteiger partial charge in [-0.2, -0.15) is 0 Å². The zero-order valence-electron chi connectivity index (χ0n) is 8.19. The van der Waals surface area contributed by atoms with Crippen molar-refractivity contribution >= 4 is 27.5 Å². The summed E-state index contributed by atoms with van der Waals surface area (Å²) in [4.78, 5) is 20.5. The second-order valence-electron chi connectivity index (χ2n) is 2.90. The maximum Gasteiger partial charge on any atom is 0.274 e. The minimum Gasteiger partial charge on any atom is -0.274 e. The first kappa shape index (κ1) is 10.1. The molecule has 0 saturated carbocycles. The van der Waals surface area contributed by atoms with E-state index in [0.717, 1.165) is 10.2 Å². The highest BCUT2D eigenvalue weighted by Crippen LogP contribution is 2.18. The minimum absolute atomic E-state index is 0.229. The molecule has 0 aliphatic rings. The van der Waals surface area contributed by atoms with E-state index in [9.17, 15) is 4.79 Å². The number of aromatic nitrogens is 1. The number of carbonyl (C=O) groups excluding carboxylic acids is 1. The highest BCUT2D eigenvalue weighted by molar-refractivity contribution is 7.16. The van der Waals surface area contributed by atoms with Crippen LogP contribution in [0.1, 0.15) is 17.3 Å². The van der Waals surface area contributed by atoms with E-state index in [4.69, 9.17) is 4.84 Å². The summed E-state index contributed by atoms with van der Waals surface area (Å²) in [6, 6.07) is 5.37. The van der Waals surface area contributed by atoms with Gasteiger partial charge in [0, 0.05) is 5.56 Å². The molecular weight excluding hydrogens is 212 g/mol. The summed E-state index contributed by atoms with van der Waals surface area (Å²) in [7, 11) is 0. The van der Waals surface area contributed by atoms with Gasteiger partial charge < -0.3 is 0 Å². The predicted molar refractivity (Wildman–Crippen MR) is 58.7 cm³/mol. The first-order valence-corrected chi connectivity index (χ1v) is 5.44. The fourth-order valence-electron chi connectivity index (χ4n) is 1.19. The summed E-state index contributed by atoms with van der Waals surface area (Å²) in [5, 5.41) is 0. The monoisotopic (exact) mass is 222 g/mol. The van der Waals surface area contributed by atoms with E-state index in [1.165, 1.54) is 11.3 Å². The van der Waals surface area contributed by atoms with Gasteiger partial charge >= 0.3 is 0 Å². The van der Waals surface area contributed by atoms with Crippen molar-refractivity contribution in [2.75, 3.05) is 6.61 Å². The summed E-state index contributed by atoms with van der Waals surface area (Å²) < 4.78 is 0.999. The van der Waals surface area contributed by atoms with Gasteiger partial charge in [-0.25, -0.2) is 10.5 Å². The van der Waals surface area contributed by atoms with Crippen LogP contribution in [0, 0.1) is 0 Å². The molecule has 1 N–H and O–H groups in total. The molecule has 1 heterocycles. The minimum atomic E-state index is -0.229. The third-order valence-corrected chi connectivity index (χ3v) is 2.69. The maximum absolute atomic E-state index is 11.5. The summed E-state index contributed by atoms with van der Waals surface area (Å²) in [5.74, 6) is -0.229. The van der Waals surface area contributed by atoms with E-state index in [1.807, 2.05) is 13.0 Å². The van der Waals surface area contributed by atoms with E-state index in [-0.39, 0.29) is 5.91 Å². The Balaban J connectivity index is 2.23. The maximum atomic E-state index is 11.5. The van der Waals surface area contributed by atoms with Crippen LogP contribution in [0.2, 0.25) is 0 Å². The molecule has 1 aromatic heterocycles. The van der Waals surface area contributed by atoms with Crippen LogP contribution in [0.25, 0.3) is 10.2 Å². The number of hydrogen-bond acceptors (Lipinski definition) is 4. The van der Waals surface area contributed by atoms with Crippen molar-refractivity contribution in [2.45, 2.75) is 6.92 Å². The lowest BCUT2D eigenvalue weighted by Gasteiger charge is -2.02. The van der Waals surface area contributed by atoms with Gasteiger partial charge in [0.05, 0.1) is 22.3 Å². The van der Waals surface area contributed by atoms with Crippen molar-refractivity contribution in [3.05, 3.63) is 29.3 Å². The van der Waals surface area contributed by atoms with Gasteiger partial charge in [-0.05, 0) is 25.1 Å². The molecule has 0 aliphatic heterocycles. The van der Waals surface area contributed by atoms with Gasteiger partial charge in [-0.1, -0.05) is 0 Å². The van der Waals surface area contributed by atoms with Crippen molar-refractivity contribution in [1.29, 1.82) is 0 Å². The van der Waals surface area contributed by atoms with Crippen molar-refractivity contribution in [3.63, 3.8) is 0 Å². The molecule has 15 heavy (non-hydrogen) atoms. The van der Waals surface area contributed by atoms with Gasteiger partial charge in [0.15, 0.2) is 0 Å². The number of thiazole rings is 1. The molecule has 2 aromatic rings. The molecule has 0 saturated heterocycles. The molecule has 0 aliphatic carbocycles. The number of nitrogens with zero attached hydrogens (tertiary/aromatic N) is 1. The molecule has 0 atom stereocenters. The molecule has 0 bridgehead atoms. The van der Waals surface area contributed by atoms with Crippen molar-refractivity contribution in [2.24, 2.45) is 0 Å². The Morgan fingerprint density at radius 2 is 2.47 bits per heavy atom. The molecular formula is C10H10N2O2S. The number of carbonyl (C=O) groups is 1. The van der Waals surface area contributed by atoms with Crippen molar-refractivity contribution < 1.29 is 9.63 Å². The smallest absolute Gasteiger partial charge is 0.274 e. The normalized spacial score (nSPS) is 10.5. The van der Waals surface area contributed by atoms with Crippen LogP contribution in [-0.4, -0.2) is 17.5 Å². The lowest BCUT2D eigenvalue weighted by Crippen LogP contribution is -2.23. The fraction of sp³-hybridized carbons (Fsp3) is 0.200. The van der Waals surface area contributed by atoms with Gasteiger partial charge in [0.2, 0.25) is 0 Å². The molecule has 0 unspecified atom stereocenters. The Morgan fingerprint density at radius 1 is 1.60 bits per heavy atom. The Morgan fingerprint density at radius 3 is 3.27 bits per heavy atom. The standard InChI is InChI=1S/C10H10N2O2S/c1-2-14-12-10(13)7-3-4-8-9(5-7)15-6-11-8/h3-6H,2H2,1H3,(H,12,13). The van der Waals surface area contributed by atoms with Crippen LogP contribution in [0.15, 0.2) is 23.7 Å². The zero-order chi connectivity index (χ0) is 10.7. The second kappa shape index (κ2) is 4.37. The first-order valence-electron chi connectivity index (χ1n) is 4.56. The Hall–Kier alpha value is -1.46. The van der Waals surface area contributed by atoms with Crippen molar-refractivity contribution in [1.82, 2.24) is 10.5 Å². The van der Waals surface area contributed by atoms with Gasteiger partial charge in [-0.3, -0.25) is 9.63 Å². The predicted octanol–water partition coefficient (Wildman–Crippen LogP) is 1.98. The summed E-state index contributed by atoms with van der Waals surface area (Å²) in [6.45, 7) is 2.27. The largest absolute Gasteiger partial charge is 0.274 e. The third kappa shape index (κ3) is 2.14. The summed E-state index contributed by atoms with van der Waals surface area (Å²) >= 11 is 1.51. The molecule has 5 heteroatoms. The highest BCUT2D eigenvalue weighted by Gasteiger charge is 2.06. The van der Waals surface area contributed by atoms with Crippen LogP contribution < -0.4 is 5.48 Å². The fourth-order valence-corrected chi connectivity index (χ4v) is 1.91. The number of nitrogens with one attached hydrogen (secondary N) is 1. The number of amides is 1. The lowest BCUT2D eigenvalue weighted by molar-refractivity contribution is 0.0364. The van der Waals surface area contributed by atoms with E-state index in [2.05, 4.69) is 10.5 Å². The summed E-state index contributed by atoms with van der Waals surface area (Å²) in [6.07, 6.45) is 0. The van der Waals surface area contributed by atoms with E-state index < -0.39 is 0 Å². The first-order chi connectivity index (χ1) is 7.31. The molecule has 0 fully saturated rings. The molecule has 1 amide bonds. The van der Waals surface area contributed by atoms with Crippen LogP contribution >= 0.6 is 11.3 Å². The van der Waals surface area contributed by atoms with Gasteiger partial charge in [-0.15, -0.1) is 11.3 Å². The Bertz CT molecular complexity index is 481. The molecule has 0 spiro atoms. The molecule has 0 radical (unpaired) electrons. The second-order valence-corrected chi connectivity index (χ2v) is 3.79. The molecule has 78 valence electrons. The van der Waals surface area contributed by atoms with Crippen LogP contribution in [0.5, 0.6) is 0 Å². The number of hydroxylamine groups is 1. The summed E-state index contributed by atoms with van der Waals surface area (Å²) in [5.41, 5.74) is 5.60. The number of fused-ring (bicyclic) bond motifs is 1. The SMILES string of the molecule is CCONC(=O)c1ccc2ncsc2c1. The van der Waals surface area contributed by atoms with Gasteiger partial charge in [0.25, 0.3) is 5.91 Å². The number of rotatable bonds is 3. The molecule has 4 nitrogen and oxygen atoms in total. The molecule has 1 aromatic carbocycles. The van der Waals surface area contributed by atoms with Crippen LogP contribution in [-0.2, 0) is 4.84 Å². The number of hydrogen-bond donors (Lipinski definition) is 1.